The van der Waals surface area contributed by atoms with Gasteiger partial charge < -0.3 is 13.6 Å². The lowest BCUT2D eigenvalue weighted by Crippen LogP contribution is -2.01. The molecule has 0 aliphatic heterocycles. The maximum absolute atomic E-state index is 9.59. The fourth-order valence-electron chi connectivity index (χ4n) is 12.4. The summed E-state index contributed by atoms with van der Waals surface area (Å²) in [5.74, 6) is 0.612. The monoisotopic (exact) mass is 1060 g/mol. The number of hydrogen-bond acceptors (Lipinski definition) is 3. The number of fused-ring (bicyclic) bond motifs is 9. The van der Waals surface area contributed by atoms with Crippen molar-refractivity contribution in [1.29, 1.82) is 0 Å². The SMILES string of the molecule is [C-]#[N+]c1c(-n2c3ccc(-c4ccccc4)cc3c3cc(-c4ccccc4)ccc32)cc2c(oc3c(-c4cc(-c5ccccc5)nc(-c5ccccc5)n4)cccc32)c1-n1c2ccc(-c3ccccc3)cc2c2cc(-c3ccccc3)ccc21. The standard InChI is InChI=1S/C77H47N5O/c1-78-73-72(81-68-39-35-55(49-21-8-2-9-22-49)43-61(68)62-44-56(36-40-69(62)81)50-23-10-3-11-24-50)47-65-59-33-20-34-60(67-48-66(53-29-16-6-17-30-53)79-77(80-67)54-31-18-7-19-32-54)75(59)83-76(65)74(73)82-70-41-37-57(51-25-12-4-13-26-51)45-63(70)64-46-58(38-42-71(64)82)52-27-14-5-15-28-52/h2-48H. The van der Waals surface area contributed by atoms with Crippen LogP contribution in [0.25, 0.3) is 160 Å². The van der Waals surface area contributed by atoms with Gasteiger partial charge in [-0.3, -0.25) is 0 Å². The molecule has 0 spiro atoms. The van der Waals surface area contributed by atoms with Gasteiger partial charge in [-0.1, -0.05) is 218 Å². The summed E-state index contributed by atoms with van der Waals surface area (Å²) >= 11 is 0. The van der Waals surface area contributed by atoms with E-state index in [1.165, 1.54) is 0 Å². The van der Waals surface area contributed by atoms with Crippen molar-refractivity contribution in [3.8, 4) is 89.8 Å². The summed E-state index contributed by atoms with van der Waals surface area (Å²) in [6, 6.07) is 100. The highest BCUT2D eigenvalue weighted by atomic mass is 16.3. The van der Waals surface area contributed by atoms with Crippen LogP contribution in [0.3, 0.4) is 0 Å². The Morgan fingerprint density at radius 2 is 0.699 bits per heavy atom. The van der Waals surface area contributed by atoms with Gasteiger partial charge in [0.25, 0.3) is 0 Å². The largest absolute Gasteiger partial charge is 0.455 e. The molecule has 0 saturated carbocycles. The predicted octanol–water partition coefficient (Wildman–Crippen LogP) is 20.8. The van der Waals surface area contributed by atoms with Crippen LogP contribution in [-0.4, -0.2) is 19.1 Å². The zero-order valence-corrected chi connectivity index (χ0v) is 44.8. The van der Waals surface area contributed by atoms with Crippen molar-refractivity contribution in [1.82, 2.24) is 19.1 Å². The molecule has 0 atom stereocenters. The second kappa shape index (κ2) is 19.5. The lowest BCUT2D eigenvalue weighted by Gasteiger charge is -2.17. The molecule has 6 heteroatoms. The Morgan fingerprint density at radius 1 is 0.301 bits per heavy atom. The summed E-state index contributed by atoms with van der Waals surface area (Å²) in [5.41, 5.74) is 20.1. The van der Waals surface area contributed by atoms with E-state index in [-0.39, 0.29) is 0 Å². The summed E-state index contributed by atoms with van der Waals surface area (Å²) in [4.78, 5) is 15.2. The number of rotatable bonds is 9. The molecular weight excluding hydrogens is 1010 g/mol. The maximum Gasteiger partial charge on any atom is 0.237 e. The molecule has 0 unspecified atom stereocenters. The van der Waals surface area contributed by atoms with Crippen molar-refractivity contribution in [3.63, 3.8) is 0 Å². The van der Waals surface area contributed by atoms with Crippen LogP contribution < -0.4 is 0 Å². The first-order valence-electron chi connectivity index (χ1n) is 27.9. The second-order valence-corrected chi connectivity index (χ2v) is 21.1. The summed E-state index contributed by atoms with van der Waals surface area (Å²) in [6.45, 7) is 9.59. The van der Waals surface area contributed by atoms with Gasteiger partial charge in [-0.25, -0.2) is 14.8 Å². The van der Waals surface area contributed by atoms with E-state index in [1.54, 1.807) is 0 Å². The molecule has 12 aromatic carbocycles. The van der Waals surface area contributed by atoms with E-state index in [0.29, 0.717) is 28.4 Å². The molecular formula is C77H47N5O. The van der Waals surface area contributed by atoms with Crippen molar-refractivity contribution in [2.45, 2.75) is 0 Å². The minimum absolute atomic E-state index is 0.453. The van der Waals surface area contributed by atoms with Gasteiger partial charge >= 0.3 is 0 Å². The number of para-hydroxylation sites is 1. The zero-order valence-electron chi connectivity index (χ0n) is 44.8. The lowest BCUT2D eigenvalue weighted by molar-refractivity contribution is 0.667. The van der Waals surface area contributed by atoms with Crippen LogP contribution in [0.5, 0.6) is 0 Å². The molecule has 0 radical (unpaired) electrons. The fourth-order valence-corrected chi connectivity index (χ4v) is 12.4. The Morgan fingerprint density at radius 3 is 1.13 bits per heavy atom. The molecule has 16 rings (SSSR count). The molecule has 6 nitrogen and oxygen atoms in total. The number of furan rings is 1. The first-order valence-corrected chi connectivity index (χ1v) is 27.9. The van der Waals surface area contributed by atoms with E-state index in [1.807, 2.05) is 48.5 Å². The number of benzene rings is 12. The van der Waals surface area contributed by atoms with Crippen molar-refractivity contribution in [3.05, 3.63) is 297 Å². The Balaban J connectivity index is 1.04. The molecule has 0 amide bonds. The normalized spacial score (nSPS) is 11.6. The van der Waals surface area contributed by atoms with Gasteiger partial charge in [0.05, 0.1) is 51.4 Å². The summed E-state index contributed by atoms with van der Waals surface area (Å²) in [5, 5.41) is 6.06. The van der Waals surface area contributed by atoms with Crippen LogP contribution in [0.1, 0.15) is 0 Å². The Kier molecular flexibility index (Phi) is 11.2. The van der Waals surface area contributed by atoms with Gasteiger partial charge in [0.15, 0.2) is 5.82 Å². The highest BCUT2D eigenvalue weighted by molar-refractivity contribution is 6.19. The van der Waals surface area contributed by atoms with Crippen LogP contribution in [0.15, 0.2) is 290 Å². The van der Waals surface area contributed by atoms with E-state index in [9.17, 15) is 6.57 Å². The Hall–Kier alpha value is -11.4. The number of nitrogens with zero attached hydrogens (tertiary/aromatic N) is 5. The highest BCUT2D eigenvalue weighted by Gasteiger charge is 2.29. The fraction of sp³-hybridized carbons (Fsp3) is 0. The van der Waals surface area contributed by atoms with E-state index >= 15 is 0 Å². The summed E-state index contributed by atoms with van der Waals surface area (Å²) in [7, 11) is 0. The molecule has 0 aliphatic rings. The Labute approximate surface area is 478 Å². The van der Waals surface area contributed by atoms with Crippen LogP contribution in [-0.2, 0) is 0 Å². The summed E-state index contributed by atoms with van der Waals surface area (Å²) < 4.78 is 12.2. The third kappa shape index (κ3) is 7.94. The zero-order chi connectivity index (χ0) is 55.0. The van der Waals surface area contributed by atoms with Gasteiger partial charge in [0.1, 0.15) is 11.2 Å². The molecule has 0 fully saturated rings. The molecule has 386 valence electrons. The third-order valence-corrected chi connectivity index (χ3v) is 16.4. The number of aromatic nitrogens is 4. The molecule has 83 heavy (non-hydrogen) atoms. The van der Waals surface area contributed by atoms with Crippen molar-refractivity contribution in [2.24, 2.45) is 0 Å². The van der Waals surface area contributed by atoms with Gasteiger partial charge in [0.2, 0.25) is 5.69 Å². The van der Waals surface area contributed by atoms with E-state index in [4.69, 9.17) is 14.4 Å². The third-order valence-electron chi connectivity index (χ3n) is 16.4. The molecule has 0 saturated heterocycles. The van der Waals surface area contributed by atoms with Crippen molar-refractivity contribution in [2.75, 3.05) is 0 Å². The van der Waals surface area contributed by atoms with E-state index in [0.717, 1.165) is 133 Å². The van der Waals surface area contributed by atoms with E-state index in [2.05, 4.69) is 251 Å². The van der Waals surface area contributed by atoms with Crippen molar-refractivity contribution < 1.29 is 4.42 Å². The highest BCUT2D eigenvalue weighted by Crippen LogP contribution is 2.50. The minimum Gasteiger partial charge on any atom is -0.455 e. The quantitative estimate of drug-likeness (QED) is 0.135. The van der Waals surface area contributed by atoms with Crippen LogP contribution in [0.2, 0.25) is 0 Å². The smallest absolute Gasteiger partial charge is 0.237 e. The van der Waals surface area contributed by atoms with Crippen LogP contribution in [0.4, 0.5) is 5.69 Å². The molecule has 4 heterocycles. The minimum atomic E-state index is 0.453. The molecule has 16 aromatic rings. The predicted molar refractivity (Wildman–Crippen MR) is 342 cm³/mol. The summed E-state index contributed by atoms with van der Waals surface area (Å²) in [6.07, 6.45) is 0. The Bertz CT molecular complexity index is 4980. The second-order valence-electron chi connectivity index (χ2n) is 21.1. The topological polar surface area (TPSA) is 53.1 Å². The maximum atomic E-state index is 9.59. The lowest BCUT2D eigenvalue weighted by atomic mass is 10.0. The number of hydrogen-bond donors (Lipinski definition) is 0. The van der Waals surface area contributed by atoms with Gasteiger partial charge in [-0.15, -0.1) is 0 Å². The molecule has 4 aromatic heterocycles. The van der Waals surface area contributed by atoms with Crippen LogP contribution >= 0.6 is 0 Å². The van der Waals surface area contributed by atoms with Gasteiger partial charge in [0, 0.05) is 49.0 Å². The molecule has 0 N–H and O–H groups in total. The first-order chi connectivity index (χ1) is 41.1. The van der Waals surface area contributed by atoms with Gasteiger partial charge in [-0.2, -0.15) is 0 Å². The molecule has 0 aliphatic carbocycles. The van der Waals surface area contributed by atoms with Gasteiger partial charge in [-0.05, 0) is 111 Å². The van der Waals surface area contributed by atoms with E-state index < -0.39 is 0 Å². The average molecular weight is 1060 g/mol. The van der Waals surface area contributed by atoms with Crippen molar-refractivity contribution >= 4 is 71.2 Å². The first kappa shape index (κ1) is 47.6. The van der Waals surface area contributed by atoms with Crippen LogP contribution in [0, 0.1) is 6.57 Å². The average Bonchev–Trinajstić information content (AvgIpc) is 1.89. The molecule has 0 bridgehead atoms.